The molecule has 6 heteroatoms. The highest BCUT2D eigenvalue weighted by atomic mass is 79.9. The van der Waals surface area contributed by atoms with Gasteiger partial charge in [-0.1, -0.05) is 11.3 Å². The lowest BCUT2D eigenvalue weighted by molar-refractivity contribution is 0.626. The van der Waals surface area contributed by atoms with Gasteiger partial charge >= 0.3 is 0 Å². The number of aromatic nitrogens is 3. The Bertz CT molecular complexity index is 519. The fourth-order valence-corrected chi connectivity index (χ4v) is 2.27. The van der Waals surface area contributed by atoms with Gasteiger partial charge in [0.05, 0.1) is 0 Å². The molecular formula is C11H12BrFN4. The average Bonchev–Trinajstić information content (AvgIpc) is 2.62. The number of rotatable bonds is 3. The van der Waals surface area contributed by atoms with Gasteiger partial charge in [0, 0.05) is 19.2 Å². The van der Waals surface area contributed by atoms with Gasteiger partial charge in [-0.25, -0.2) is 9.07 Å². The van der Waals surface area contributed by atoms with Crippen LogP contribution in [0.25, 0.3) is 11.3 Å². The van der Waals surface area contributed by atoms with E-state index in [2.05, 4.69) is 31.6 Å². The summed E-state index contributed by atoms with van der Waals surface area (Å²) in [5.74, 6) is -0.270. The lowest BCUT2D eigenvalue weighted by Crippen LogP contribution is -2.07. The van der Waals surface area contributed by atoms with Gasteiger partial charge in [-0.3, -0.25) is 0 Å². The van der Waals surface area contributed by atoms with E-state index in [1.165, 1.54) is 12.1 Å². The molecule has 0 atom stereocenters. The quantitative estimate of drug-likeness (QED) is 0.944. The van der Waals surface area contributed by atoms with E-state index in [1.54, 1.807) is 17.8 Å². The van der Waals surface area contributed by atoms with E-state index < -0.39 is 0 Å². The molecule has 1 aromatic heterocycles. The number of benzene rings is 1. The maximum absolute atomic E-state index is 13.4. The zero-order chi connectivity index (χ0) is 12.4. The highest BCUT2D eigenvalue weighted by Crippen LogP contribution is 2.29. The molecule has 4 nitrogen and oxygen atoms in total. The topological polar surface area (TPSA) is 42.7 Å². The molecule has 17 heavy (non-hydrogen) atoms. The molecule has 1 N–H and O–H groups in total. The summed E-state index contributed by atoms with van der Waals surface area (Å²) < 4.78 is 15.6. The van der Waals surface area contributed by atoms with Crippen LogP contribution in [0.3, 0.4) is 0 Å². The fourth-order valence-electron chi connectivity index (χ4n) is 1.73. The molecule has 2 aromatic rings. The summed E-state index contributed by atoms with van der Waals surface area (Å²) in [5.41, 5.74) is 2.56. The Kier molecular flexibility index (Phi) is 3.54. The van der Waals surface area contributed by atoms with Crippen molar-refractivity contribution in [3.63, 3.8) is 0 Å². The number of nitrogens with one attached hydrogen (secondary N) is 1. The van der Waals surface area contributed by atoms with Crippen molar-refractivity contribution in [3.8, 4) is 11.3 Å². The summed E-state index contributed by atoms with van der Waals surface area (Å²) in [7, 11) is 3.63. The Morgan fingerprint density at radius 1 is 1.47 bits per heavy atom. The largest absolute Gasteiger partial charge is 0.316 e. The predicted octanol–water partition coefficient (Wildman–Crippen LogP) is 2.10. The number of hydrogen-bond acceptors (Lipinski definition) is 3. The van der Waals surface area contributed by atoms with Crippen molar-refractivity contribution >= 4 is 15.9 Å². The van der Waals surface area contributed by atoms with Crippen LogP contribution in [0.4, 0.5) is 4.39 Å². The maximum atomic E-state index is 13.4. The molecule has 0 amide bonds. The molecule has 2 rings (SSSR count). The van der Waals surface area contributed by atoms with Gasteiger partial charge in [-0.05, 0) is 40.7 Å². The van der Waals surface area contributed by atoms with E-state index in [0.29, 0.717) is 11.1 Å². The van der Waals surface area contributed by atoms with Crippen molar-refractivity contribution in [1.82, 2.24) is 20.3 Å². The number of halogens is 2. The first-order chi connectivity index (χ1) is 8.13. The van der Waals surface area contributed by atoms with Crippen LogP contribution in [0.15, 0.2) is 22.8 Å². The summed E-state index contributed by atoms with van der Waals surface area (Å²) >= 11 is 3.33. The molecule has 1 heterocycles. The van der Waals surface area contributed by atoms with Crippen molar-refractivity contribution in [3.05, 3.63) is 34.2 Å². The van der Waals surface area contributed by atoms with Crippen LogP contribution in [-0.2, 0) is 13.6 Å². The van der Waals surface area contributed by atoms with Crippen LogP contribution in [0, 0.1) is 5.82 Å². The zero-order valence-corrected chi connectivity index (χ0v) is 11.1. The smallest absolute Gasteiger partial charge is 0.156 e. The molecule has 0 saturated heterocycles. The standard InChI is InChI=1S/C11H12BrFN4/c1-14-6-7-3-4-8(13)5-9(7)10-11(12)15-16-17(10)2/h3-5,14H,6H2,1-2H3. The average molecular weight is 299 g/mol. The summed E-state index contributed by atoms with van der Waals surface area (Å²) in [6.07, 6.45) is 0. The van der Waals surface area contributed by atoms with E-state index in [1.807, 2.05) is 7.05 Å². The highest BCUT2D eigenvalue weighted by Gasteiger charge is 2.14. The minimum absolute atomic E-state index is 0.270. The van der Waals surface area contributed by atoms with Gasteiger partial charge in [0.2, 0.25) is 0 Å². The van der Waals surface area contributed by atoms with Crippen LogP contribution in [0.2, 0.25) is 0 Å². The molecule has 0 aliphatic rings. The van der Waals surface area contributed by atoms with E-state index in [0.717, 1.165) is 16.8 Å². The third kappa shape index (κ3) is 2.37. The van der Waals surface area contributed by atoms with Crippen molar-refractivity contribution in [2.24, 2.45) is 7.05 Å². The Labute approximate surface area is 107 Å². The number of hydrogen-bond donors (Lipinski definition) is 1. The highest BCUT2D eigenvalue weighted by molar-refractivity contribution is 9.10. The van der Waals surface area contributed by atoms with Crippen molar-refractivity contribution in [2.45, 2.75) is 6.54 Å². The minimum atomic E-state index is -0.270. The molecule has 0 radical (unpaired) electrons. The third-order valence-corrected chi connectivity index (χ3v) is 3.01. The van der Waals surface area contributed by atoms with E-state index in [-0.39, 0.29) is 5.82 Å². The second-order valence-corrected chi connectivity index (χ2v) is 4.44. The summed E-state index contributed by atoms with van der Waals surface area (Å²) in [6, 6.07) is 4.71. The monoisotopic (exact) mass is 298 g/mol. The van der Waals surface area contributed by atoms with Gasteiger partial charge in [0.25, 0.3) is 0 Å². The van der Waals surface area contributed by atoms with Crippen molar-refractivity contribution in [1.29, 1.82) is 0 Å². The Morgan fingerprint density at radius 3 is 2.82 bits per heavy atom. The molecule has 1 aromatic carbocycles. The summed E-state index contributed by atoms with van der Waals surface area (Å²) in [4.78, 5) is 0. The molecule has 0 bridgehead atoms. The number of aryl methyl sites for hydroxylation is 1. The Hall–Kier alpha value is -1.27. The van der Waals surface area contributed by atoms with Crippen LogP contribution in [-0.4, -0.2) is 22.0 Å². The molecule has 0 fully saturated rings. The van der Waals surface area contributed by atoms with Gasteiger partial charge < -0.3 is 5.32 Å². The lowest BCUT2D eigenvalue weighted by Gasteiger charge is -2.09. The van der Waals surface area contributed by atoms with Gasteiger partial charge in [0.1, 0.15) is 11.5 Å². The van der Waals surface area contributed by atoms with Crippen LogP contribution >= 0.6 is 15.9 Å². The molecule has 90 valence electrons. The Balaban J connectivity index is 2.60. The second kappa shape index (κ2) is 4.93. The van der Waals surface area contributed by atoms with E-state index in [9.17, 15) is 4.39 Å². The molecule has 0 spiro atoms. The molecular weight excluding hydrogens is 287 g/mol. The molecule has 0 aliphatic heterocycles. The van der Waals surface area contributed by atoms with E-state index >= 15 is 0 Å². The molecule has 0 unspecified atom stereocenters. The summed E-state index contributed by atoms with van der Waals surface area (Å²) in [5, 5.41) is 10.9. The summed E-state index contributed by atoms with van der Waals surface area (Å²) in [6.45, 7) is 0.660. The first-order valence-corrected chi connectivity index (χ1v) is 5.91. The van der Waals surface area contributed by atoms with Crippen LogP contribution in [0.5, 0.6) is 0 Å². The SMILES string of the molecule is CNCc1ccc(F)cc1-c1c(Br)nnn1C. The van der Waals surface area contributed by atoms with Gasteiger partial charge in [-0.2, -0.15) is 0 Å². The third-order valence-electron chi connectivity index (χ3n) is 2.48. The number of nitrogens with zero attached hydrogens (tertiary/aromatic N) is 3. The Morgan fingerprint density at radius 2 is 2.24 bits per heavy atom. The van der Waals surface area contributed by atoms with Gasteiger partial charge in [0.15, 0.2) is 4.60 Å². The maximum Gasteiger partial charge on any atom is 0.156 e. The van der Waals surface area contributed by atoms with Crippen LogP contribution in [0.1, 0.15) is 5.56 Å². The second-order valence-electron chi connectivity index (χ2n) is 3.68. The van der Waals surface area contributed by atoms with Crippen LogP contribution < -0.4 is 5.32 Å². The first-order valence-electron chi connectivity index (χ1n) is 5.12. The van der Waals surface area contributed by atoms with Gasteiger partial charge in [-0.15, -0.1) is 5.10 Å². The van der Waals surface area contributed by atoms with E-state index in [4.69, 9.17) is 0 Å². The van der Waals surface area contributed by atoms with Crippen molar-refractivity contribution < 1.29 is 4.39 Å². The molecule has 0 aliphatic carbocycles. The first kappa shape index (κ1) is 12.2. The van der Waals surface area contributed by atoms with Crippen molar-refractivity contribution in [2.75, 3.05) is 7.05 Å². The zero-order valence-electron chi connectivity index (χ0n) is 9.54. The normalized spacial score (nSPS) is 10.8. The predicted molar refractivity (Wildman–Crippen MR) is 66.9 cm³/mol. The lowest BCUT2D eigenvalue weighted by atomic mass is 10.0. The molecule has 0 saturated carbocycles. The fraction of sp³-hybridized carbons (Fsp3) is 0.273. The minimum Gasteiger partial charge on any atom is -0.316 e.